The Hall–Kier alpha value is -2.96. The van der Waals surface area contributed by atoms with Crippen LogP contribution in [0.2, 0.25) is 0 Å². The van der Waals surface area contributed by atoms with Gasteiger partial charge in [-0.2, -0.15) is 0 Å². The Labute approximate surface area is 159 Å². The van der Waals surface area contributed by atoms with Crippen LogP contribution in [-0.4, -0.2) is 45.3 Å². The molecule has 0 aliphatic carbocycles. The highest BCUT2D eigenvalue weighted by Crippen LogP contribution is 2.07. The molecule has 0 aliphatic rings. The van der Waals surface area contributed by atoms with Crippen LogP contribution in [-0.2, 0) is 13.1 Å². The number of hydrogen-bond donors (Lipinski definition) is 0. The van der Waals surface area contributed by atoms with Gasteiger partial charge < -0.3 is 5.11 Å². The minimum atomic E-state index is -0.836. The second kappa shape index (κ2) is 10.3. The largest absolute Gasteiger partial charge is 0.850 e. The van der Waals surface area contributed by atoms with Gasteiger partial charge >= 0.3 is 0 Å². The molecule has 1 unspecified atom stereocenters. The van der Waals surface area contributed by atoms with Gasteiger partial charge in [0.25, 0.3) is 0 Å². The molecule has 27 heavy (non-hydrogen) atoms. The Kier molecular flexibility index (Phi) is 7.15. The first kappa shape index (κ1) is 18.8. The highest BCUT2D eigenvalue weighted by atomic mass is 16.3. The van der Waals surface area contributed by atoms with Crippen LogP contribution in [0, 0.1) is 0 Å². The number of rotatable bonds is 9. The van der Waals surface area contributed by atoms with E-state index in [-0.39, 0.29) is 6.54 Å². The second-order valence-corrected chi connectivity index (χ2v) is 6.18. The standard InChI is InChI=1S/C21H22N5O/c27-21(14-22-13-18-7-1-4-10-23-18)17-26(15-19-8-2-5-11-24-19)16-20-9-3-6-12-25-20/h1-13,21H,14-17H2/q-1. The van der Waals surface area contributed by atoms with Gasteiger partial charge in [-0.25, -0.2) is 0 Å². The van der Waals surface area contributed by atoms with Gasteiger partial charge in [0.1, 0.15) is 0 Å². The number of hydrogen-bond acceptors (Lipinski definition) is 6. The zero-order valence-corrected chi connectivity index (χ0v) is 15.1. The molecule has 6 heteroatoms. The van der Waals surface area contributed by atoms with E-state index < -0.39 is 6.10 Å². The van der Waals surface area contributed by atoms with E-state index in [1.54, 1.807) is 24.8 Å². The molecule has 0 spiro atoms. The van der Waals surface area contributed by atoms with Gasteiger partial charge in [0.05, 0.1) is 17.1 Å². The van der Waals surface area contributed by atoms with Crippen LogP contribution in [0.25, 0.3) is 0 Å². The number of aliphatic imine (C=N–C) groups is 1. The summed E-state index contributed by atoms with van der Waals surface area (Å²) in [5.74, 6) is 0. The molecule has 3 heterocycles. The highest BCUT2D eigenvalue weighted by Gasteiger charge is 2.10. The van der Waals surface area contributed by atoms with Crippen LogP contribution >= 0.6 is 0 Å². The molecule has 138 valence electrons. The Morgan fingerprint density at radius 2 is 1.44 bits per heavy atom. The summed E-state index contributed by atoms with van der Waals surface area (Å²) in [7, 11) is 0. The van der Waals surface area contributed by atoms with E-state index in [2.05, 4.69) is 24.8 Å². The minimum Gasteiger partial charge on any atom is -0.850 e. The number of nitrogens with zero attached hydrogens (tertiary/aromatic N) is 5. The molecule has 0 fully saturated rings. The molecule has 6 nitrogen and oxygen atoms in total. The summed E-state index contributed by atoms with van der Waals surface area (Å²) in [6.45, 7) is 1.77. The molecule has 0 saturated carbocycles. The fourth-order valence-corrected chi connectivity index (χ4v) is 2.69. The van der Waals surface area contributed by atoms with Gasteiger partial charge in [-0.15, -0.1) is 0 Å². The molecular formula is C21H22N5O-. The molecule has 0 saturated heterocycles. The van der Waals surface area contributed by atoms with Crippen LogP contribution in [0.1, 0.15) is 17.1 Å². The maximum Gasteiger partial charge on any atom is 0.0807 e. The van der Waals surface area contributed by atoms with E-state index in [1.165, 1.54) is 0 Å². The fourth-order valence-electron chi connectivity index (χ4n) is 2.69. The molecule has 0 N–H and O–H groups in total. The van der Waals surface area contributed by atoms with Gasteiger partial charge in [-0.1, -0.05) is 24.3 Å². The van der Waals surface area contributed by atoms with E-state index in [9.17, 15) is 5.11 Å². The van der Waals surface area contributed by atoms with Crippen molar-refractivity contribution in [2.24, 2.45) is 4.99 Å². The van der Waals surface area contributed by atoms with Crippen molar-refractivity contribution in [1.82, 2.24) is 19.9 Å². The second-order valence-electron chi connectivity index (χ2n) is 6.18. The van der Waals surface area contributed by atoms with Crippen molar-refractivity contribution < 1.29 is 5.11 Å². The van der Waals surface area contributed by atoms with Crippen LogP contribution in [0.15, 0.2) is 78.2 Å². The van der Waals surface area contributed by atoms with Crippen LogP contribution in [0.3, 0.4) is 0 Å². The lowest BCUT2D eigenvalue weighted by molar-refractivity contribution is -0.417. The van der Waals surface area contributed by atoms with Gasteiger partial charge in [-0.05, 0) is 42.9 Å². The number of aromatic nitrogens is 3. The molecule has 0 aliphatic heterocycles. The van der Waals surface area contributed by atoms with E-state index in [4.69, 9.17) is 0 Å². The van der Waals surface area contributed by atoms with Gasteiger partial charge in [0.2, 0.25) is 0 Å². The zero-order chi connectivity index (χ0) is 18.7. The maximum absolute atomic E-state index is 12.5. The van der Waals surface area contributed by atoms with Crippen LogP contribution in [0.4, 0.5) is 0 Å². The van der Waals surface area contributed by atoms with Crippen molar-refractivity contribution in [2.75, 3.05) is 13.1 Å². The quantitative estimate of drug-likeness (QED) is 0.543. The molecule has 0 radical (unpaired) electrons. The summed E-state index contributed by atoms with van der Waals surface area (Å²) in [6, 6.07) is 17.2. The zero-order valence-electron chi connectivity index (χ0n) is 15.1. The smallest absolute Gasteiger partial charge is 0.0807 e. The lowest BCUT2D eigenvalue weighted by Crippen LogP contribution is -2.41. The first-order valence-electron chi connectivity index (χ1n) is 8.88. The van der Waals surface area contributed by atoms with Crippen molar-refractivity contribution in [3.63, 3.8) is 0 Å². The predicted molar refractivity (Wildman–Crippen MR) is 103 cm³/mol. The predicted octanol–water partition coefficient (Wildman–Crippen LogP) is 1.72. The molecule has 0 amide bonds. The first-order chi connectivity index (χ1) is 13.3. The van der Waals surface area contributed by atoms with E-state index in [0.29, 0.717) is 19.6 Å². The summed E-state index contributed by atoms with van der Waals surface area (Å²) in [5, 5.41) is 12.5. The summed E-state index contributed by atoms with van der Waals surface area (Å²) < 4.78 is 0. The maximum atomic E-state index is 12.5. The summed E-state index contributed by atoms with van der Waals surface area (Å²) in [5.41, 5.74) is 2.61. The van der Waals surface area contributed by atoms with Crippen molar-refractivity contribution in [3.8, 4) is 0 Å². The Morgan fingerprint density at radius 3 is 1.96 bits per heavy atom. The van der Waals surface area contributed by atoms with Crippen molar-refractivity contribution in [1.29, 1.82) is 0 Å². The molecule has 3 rings (SSSR count). The topological polar surface area (TPSA) is 77.3 Å². The average molecular weight is 360 g/mol. The molecule has 0 aromatic carbocycles. The number of pyridine rings is 3. The molecule has 1 atom stereocenters. The van der Waals surface area contributed by atoms with Crippen molar-refractivity contribution in [3.05, 3.63) is 90.3 Å². The normalized spacial score (nSPS) is 12.5. The van der Waals surface area contributed by atoms with E-state index >= 15 is 0 Å². The van der Waals surface area contributed by atoms with E-state index in [0.717, 1.165) is 17.1 Å². The third-order valence-electron chi connectivity index (χ3n) is 3.91. The third-order valence-corrected chi connectivity index (χ3v) is 3.91. The Bertz CT molecular complexity index is 770. The molecule has 0 bridgehead atoms. The summed E-state index contributed by atoms with van der Waals surface area (Å²) in [6.07, 6.45) is 6.04. The first-order valence-corrected chi connectivity index (χ1v) is 8.88. The molecule has 3 aromatic heterocycles. The van der Waals surface area contributed by atoms with Gasteiger partial charge in [0.15, 0.2) is 0 Å². The summed E-state index contributed by atoms with van der Waals surface area (Å²) >= 11 is 0. The van der Waals surface area contributed by atoms with Crippen molar-refractivity contribution >= 4 is 6.21 Å². The highest BCUT2D eigenvalue weighted by molar-refractivity contribution is 5.76. The Balaban J connectivity index is 1.60. The lowest BCUT2D eigenvalue weighted by atomic mass is 10.2. The summed E-state index contributed by atoms with van der Waals surface area (Å²) in [4.78, 5) is 19.2. The van der Waals surface area contributed by atoms with Gasteiger partial charge in [-0.3, -0.25) is 24.8 Å². The third kappa shape index (κ3) is 6.69. The lowest BCUT2D eigenvalue weighted by Gasteiger charge is -2.29. The average Bonchev–Trinajstić information content (AvgIpc) is 2.70. The SMILES string of the molecule is [O-]C(CN=Cc1ccccn1)CN(Cc1ccccn1)Cc1ccccn1. The van der Waals surface area contributed by atoms with Gasteiger partial charge in [0, 0.05) is 44.4 Å². The van der Waals surface area contributed by atoms with Crippen LogP contribution in [0.5, 0.6) is 0 Å². The van der Waals surface area contributed by atoms with E-state index in [1.807, 2.05) is 54.6 Å². The van der Waals surface area contributed by atoms with Crippen molar-refractivity contribution in [2.45, 2.75) is 19.2 Å². The monoisotopic (exact) mass is 360 g/mol. The minimum absolute atomic E-state index is 0.206. The fraction of sp³-hybridized carbons (Fsp3) is 0.238. The van der Waals surface area contributed by atoms with Crippen LogP contribution < -0.4 is 5.11 Å². The molecule has 3 aromatic rings. The molecular weight excluding hydrogens is 338 g/mol. The Morgan fingerprint density at radius 1 is 0.852 bits per heavy atom.